The number of anilines is 1. The minimum atomic E-state index is 0.104. The Labute approximate surface area is 168 Å². The highest BCUT2D eigenvalue weighted by Crippen LogP contribution is 2.28. The van der Waals surface area contributed by atoms with Gasteiger partial charge in [-0.15, -0.1) is 0 Å². The normalized spacial score (nSPS) is 11.6. The number of nitrogens with zero attached hydrogens (tertiary/aromatic N) is 3. The van der Waals surface area contributed by atoms with E-state index in [1.807, 2.05) is 55.5 Å². The monoisotopic (exact) mass is 395 g/mol. The largest absolute Gasteiger partial charge is 0.409 e. The number of nitrogens with two attached hydrogens (primary N) is 2. The maximum atomic E-state index is 8.72. The molecule has 28 heavy (non-hydrogen) atoms. The molecule has 6 nitrogen and oxygen atoms in total. The Morgan fingerprint density at radius 1 is 1.11 bits per heavy atom. The lowest BCUT2D eigenvalue weighted by Gasteiger charge is -2.10. The number of aryl methyl sites for hydroxylation is 2. The second kappa shape index (κ2) is 8.71. The first-order chi connectivity index (χ1) is 13.5. The van der Waals surface area contributed by atoms with Crippen molar-refractivity contribution in [3.8, 4) is 11.3 Å². The highest BCUT2D eigenvalue weighted by Gasteiger charge is 2.09. The predicted octanol–water partition coefficient (Wildman–Crippen LogP) is 3.96. The molecule has 2 aromatic carbocycles. The molecule has 5 N–H and O–H groups in total. The third kappa shape index (κ3) is 4.58. The zero-order chi connectivity index (χ0) is 20.1. The Morgan fingerprint density at radius 3 is 2.57 bits per heavy atom. The molecule has 144 valence electrons. The predicted molar refractivity (Wildman–Crippen MR) is 113 cm³/mol. The Morgan fingerprint density at radius 2 is 1.86 bits per heavy atom. The van der Waals surface area contributed by atoms with E-state index in [0.29, 0.717) is 10.6 Å². The van der Waals surface area contributed by atoms with Gasteiger partial charge in [-0.25, -0.2) is 9.97 Å². The third-order valence-electron chi connectivity index (χ3n) is 4.60. The van der Waals surface area contributed by atoms with Crippen LogP contribution in [0.2, 0.25) is 5.02 Å². The molecule has 0 aliphatic carbocycles. The molecule has 0 aliphatic rings. The first-order valence-electron chi connectivity index (χ1n) is 8.93. The zero-order valence-corrected chi connectivity index (χ0v) is 16.3. The van der Waals surface area contributed by atoms with Gasteiger partial charge in [0.05, 0.1) is 5.69 Å². The maximum Gasteiger partial charge on any atom is 0.220 e. The van der Waals surface area contributed by atoms with Gasteiger partial charge in [-0.1, -0.05) is 53.2 Å². The maximum absolute atomic E-state index is 8.72. The number of amidine groups is 1. The summed E-state index contributed by atoms with van der Waals surface area (Å²) >= 11 is 6.23. The van der Waals surface area contributed by atoms with Gasteiger partial charge in [0.2, 0.25) is 5.95 Å². The Kier molecular flexibility index (Phi) is 6.11. The summed E-state index contributed by atoms with van der Waals surface area (Å²) in [5.41, 5.74) is 17.0. The van der Waals surface area contributed by atoms with Crippen LogP contribution in [-0.2, 0) is 12.8 Å². The van der Waals surface area contributed by atoms with Crippen LogP contribution in [0.3, 0.4) is 0 Å². The van der Waals surface area contributed by atoms with Crippen molar-refractivity contribution in [3.05, 3.63) is 75.9 Å². The summed E-state index contributed by atoms with van der Waals surface area (Å²) in [5.74, 6) is 0.363. The molecule has 0 unspecified atom stereocenters. The molecule has 7 heteroatoms. The van der Waals surface area contributed by atoms with Crippen LogP contribution in [0.15, 0.2) is 53.7 Å². The van der Waals surface area contributed by atoms with Crippen LogP contribution in [0, 0.1) is 6.92 Å². The molecule has 0 radical (unpaired) electrons. The van der Waals surface area contributed by atoms with Gasteiger partial charge in [-0.2, -0.15) is 0 Å². The molecule has 0 saturated heterocycles. The van der Waals surface area contributed by atoms with E-state index in [0.717, 1.165) is 41.8 Å². The van der Waals surface area contributed by atoms with Gasteiger partial charge in [0.25, 0.3) is 0 Å². The molecule has 0 saturated carbocycles. The van der Waals surface area contributed by atoms with Crippen LogP contribution in [-0.4, -0.2) is 21.0 Å². The fourth-order valence-corrected chi connectivity index (χ4v) is 3.22. The van der Waals surface area contributed by atoms with Gasteiger partial charge in [0, 0.05) is 21.8 Å². The lowest BCUT2D eigenvalue weighted by atomic mass is 10.0. The van der Waals surface area contributed by atoms with Crippen molar-refractivity contribution in [1.82, 2.24) is 9.97 Å². The number of oxime groups is 1. The van der Waals surface area contributed by atoms with Gasteiger partial charge in [-0.3, -0.25) is 0 Å². The number of hydrogen-bond acceptors (Lipinski definition) is 5. The fourth-order valence-electron chi connectivity index (χ4n) is 3.04. The molecule has 1 aromatic heterocycles. The quantitative estimate of drug-likeness (QED) is 0.253. The molecule has 1 heterocycles. The van der Waals surface area contributed by atoms with Gasteiger partial charge >= 0.3 is 0 Å². The first kappa shape index (κ1) is 19.6. The van der Waals surface area contributed by atoms with Gasteiger partial charge < -0.3 is 16.7 Å². The van der Waals surface area contributed by atoms with Crippen molar-refractivity contribution in [2.45, 2.75) is 26.2 Å². The smallest absolute Gasteiger partial charge is 0.220 e. The van der Waals surface area contributed by atoms with Crippen molar-refractivity contribution in [3.63, 3.8) is 0 Å². The first-order valence-corrected chi connectivity index (χ1v) is 9.31. The van der Waals surface area contributed by atoms with E-state index < -0.39 is 0 Å². The minimum Gasteiger partial charge on any atom is -0.409 e. The Balaban J connectivity index is 1.70. The van der Waals surface area contributed by atoms with Crippen molar-refractivity contribution >= 4 is 23.4 Å². The molecule has 0 bridgehead atoms. The summed E-state index contributed by atoms with van der Waals surface area (Å²) in [4.78, 5) is 8.74. The number of nitrogen functional groups attached to an aromatic ring is 1. The van der Waals surface area contributed by atoms with Gasteiger partial charge in [0.1, 0.15) is 0 Å². The van der Waals surface area contributed by atoms with E-state index in [1.54, 1.807) is 0 Å². The van der Waals surface area contributed by atoms with Crippen molar-refractivity contribution in [2.75, 3.05) is 5.73 Å². The van der Waals surface area contributed by atoms with Crippen LogP contribution in [0.25, 0.3) is 11.3 Å². The molecule has 0 aliphatic heterocycles. The van der Waals surface area contributed by atoms with E-state index in [2.05, 4.69) is 15.1 Å². The highest BCUT2D eigenvalue weighted by molar-refractivity contribution is 6.31. The second-order valence-electron chi connectivity index (χ2n) is 6.55. The molecular formula is C21H22ClN5O. The number of rotatable bonds is 6. The van der Waals surface area contributed by atoms with Crippen LogP contribution < -0.4 is 11.5 Å². The standard InChI is InChI=1S/C21H22ClN5O/c1-13-17(6-3-7-18(13)22)19-12-16(25-21(24)26-19)5-2-4-14-8-10-15(11-9-14)20(23)27-28/h3,6-12,28H,2,4-5H2,1H3,(H2,23,27)(H2,24,25,26). The number of aromatic nitrogens is 2. The fraction of sp³-hybridized carbons (Fsp3) is 0.190. The lowest BCUT2D eigenvalue weighted by molar-refractivity contribution is 0.318. The summed E-state index contributed by atoms with van der Waals surface area (Å²) in [6.45, 7) is 1.97. The van der Waals surface area contributed by atoms with Crippen LogP contribution in [0.5, 0.6) is 0 Å². The van der Waals surface area contributed by atoms with Gasteiger partial charge in [-0.05, 0) is 49.4 Å². The van der Waals surface area contributed by atoms with E-state index in [9.17, 15) is 0 Å². The van der Waals surface area contributed by atoms with Crippen LogP contribution in [0.1, 0.15) is 28.8 Å². The summed E-state index contributed by atoms with van der Waals surface area (Å²) in [6, 6.07) is 15.3. The van der Waals surface area contributed by atoms with E-state index >= 15 is 0 Å². The average molecular weight is 396 g/mol. The van der Waals surface area contributed by atoms with E-state index in [-0.39, 0.29) is 11.8 Å². The molecular weight excluding hydrogens is 374 g/mol. The van der Waals surface area contributed by atoms with Gasteiger partial charge in [0.15, 0.2) is 5.84 Å². The lowest BCUT2D eigenvalue weighted by Crippen LogP contribution is -2.12. The van der Waals surface area contributed by atoms with Crippen molar-refractivity contribution < 1.29 is 5.21 Å². The SMILES string of the molecule is Cc1c(Cl)cccc1-c1cc(CCCc2ccc(/C(N)=N/O)cc2)nc(N)n1. The van der Waals surface area contributed by atoms with E-state index in [4.69, 9.17) is 28.3 Å². The summed E-state index contributed by atoms with van der Waals surface area (Å²) in [6.07, 6.45) is 2.57. The molecule has 3 rings (SSSR count). The minimum absolute atomic E-state index is 0.104. The summed E-state index contributed by atoms with van der Waals surface area (Å²) in [5, 5.41) is 12.4. The van der Waals surface area contributed by atoms with Crippen molar-refractivity contribution in [2.24, 2.45) is 10.9 Å². The molecule has 0 spiro atoms. The average Bonchev–Trinajstić information content (AvgIpc) is 2.69. The Bertz CT molecular complexity index is 1000. The van der Waals surface area contributed by atoms with Crippen LogP contribution in [0.4, 0.5) is 5.95 Å². The molecule has 0 amide bonds. The Hall–Kier alpha value is -3.12. The summed E-state index contributed by atoms with van der Waals surface area (Å²) < 4.78 is 0. The molecule has 0 fully saturated rings. The molecule has 3 aromatic rings. The highest BCUT2D eigenvalue weighted by atomic mass is 35.5. The zero-order valence-electron chi connectivity index (χ0n) is 15.6. The number of halogens is 1. The molecule has 0 atom stereocenters. The topological polar surface area (TPSA) is 110 Å². The third-order valence-corrected chi connectivity index (χ3v) is 5.01. The number of benzene rings is 2. The van der Waals surface area contributed by atoms with E-state index in [1.165, 1.54) is 5.56 Å². The number of hydrogen-bond donors (Lipinski definition) is 3. The summed E-state index contributed by atoms with van der Waals surface area (Å²) in [7, 11) is 0. The van der Waals surface area contributed by atoms with Crippen LogP contribution >= 0.6 is 11.6 Å². The second-order valence-corrected chi connectivity index (χ2v) is 6.96. The van der Waals surface area contributed by atoms with Crippen molar-refractivity contribution in [1.29, 1.82) is 0 Å².